The number of likely N-dealkylation sites (tertiary alicyclic amines) is 1. The van der Waals surface area contributed by atoms with E-state index in [-0.39, 0.29) is 18.4 Å². The predicted octanol–water partition coefficient (Wildman–Crippen LogP) is -0.275. The van der Waals surface area contributed by atoms with Crippen LogP contribution in [-0.2, 0) is 9.59 Å². The number of rotatable bonds is 7. The average Bonchev–Trinajstić information content (AvgIpc) is 2.64. The van der Waals surface area contributed by atoms with E-state index in [0.717, 1.165) is 32.5 Å². The fourth-order valence-corrected chi connectivity index (χ4v) is 1.69. The van der Waals surface area contributed by atoms with Crippen LogP contribution in [0.3, 0.4) is 0 Å². The zero-order chi connectivity index (χ0) is 11.8. The van der Waals surface area contributed by atoms with E-state index in [1.54, 1.807) is 4.90 Å². The lowest BCUT2D eigenvalue weighted by Gasteiger charge is -2.14. The Hall–Kier alpha value is -1.10. The van der Waals surface area contributed by atoms with Crippen LogP contribution < -0.4 is 10.6 Å². The van der Waals surface area contributed by atoms with Gasteiger partial charge in [-0.05, 0) is 19.4 Å². The first-order valence-electron chi connectivity index (χ1n) is 5.99. The first-order chi connectivity index (χ1) is 7.74. The van der Waals surface area contributed by atoms with Gasteiger partial charge in [0.15, 0.2) is 0 Å². The maximum atomic E-state index is 11.4. The smallest absolute Gasteiger partial charge is 0.239 e. The Morgan fingerprint density at radius 1 is 1.38 bits per heavy atom. The molecule has 2 amide bonds. The third-order valence-electron chi connectivity index (χ3n) is 2.56. The minimum absolute atomic E-state index is 0.0615. The second-order valence-corrected chi connectivity index (χ2v) is 4.02. The summed E-state index contributed by atoms with van der Waals surface area (Å²) in [4.78, 5) is 24.3. The van der Waals surface area contributed by atoms with E-state index in [1.807, 2.05) is 0 Å². The summed E-state index contributed by atoms with van der Waals surface area (Å²) in [5.74, 6) is 0.0350. The summed E-state index contributed by atoms with van der Waals surface area (Å²) in [5.41, 5.74) is 0. The van der Waals surface area contributed by atoms with Crippen LogP contribution in [0.15, 0.2) is 0 Å². The fraction of sp³-hybridized carbons (Fsp3) is 0.818. The van der Waals surface area contributed by atoms with Gasteiger partial charge < -0.3 is 15.5 Å². The van der Waals surface area contributed by atoms with E-state index in [2.05, 4.69) is 17.6 Å². The summed E-state index contributed by atoms with van der Waals surface area (Å²) >= 11 is 0. The molecule has 1 rings (SSSR count). The topological polar surface area (TPSA) is 61.4 Å². The minimum Gasteiger partial charge on any atom is -0.353 e. The highest BCUT2D eigenvalue weighted by Crippen LogP contribution is 2.08. The summed E-state index contributed by atoms with van der Waals surface area (Å²) in [7, 11) is 0. The monoisotopic (exact) mass is 227 g/mol. The second kappa shape index (κ2) is 7.22. The van der Waals surface area contributed by atoms with Crippen LogP contribution in [0.1, 0.15) is 26.2 Å². The van der Waals surface area contributed by atoms with Gasteiger partial charge in [-0.2, -0.15) is 0 Å². The van der Waals surface area contributed by atoms with Gasteiger partial charge in [0.25, 0.3) is 0 Å². The van der Waals surface area contributed by atoms with Gasteiger partial charge >= 0.3 is 0 Å². The van der Waals surface area contributed by atoms with Crippen LogP contribution in [0.5, 0.6) is 0 Å². The highest BCUT2D eigenvalue weighted by atomic mass is 16.2. The maximum Gasteiger partial charge on any atom is 0.239 e. The van der Waals surface area contributed by atoms with Crippen LogP contribution in [0.4, 0.5) is 0 Å². The third kappa shape index (κ3) is 4.61. The molecule has 0 bridgehead atoms. The summed E-state index contributed by atoms with van der Waals surface area (Å²) < 4.78 is 0. The standard InChI is InChI=1S/C11H21N3O2/c1-2-5-12-6-7-13-10(15)9-14-8-3-4-11(14)16/h12H,2-9H2,1H3,(H,13,15). The van der Waals surface area contributed by atoms with Crippen LogP contribution >= 0.6 is 0 Å². The molecule has 0 radical (unpaired) electrons. The van der Waals surface area contributed by atoms with Gasteiger partial charge in [0.2, 0.25) is 11.8 Å². The molecule has 0 spiro atoms. The van der Waals surface area contributed by atoms with Gasteiger partial charge in [0.1, 0.15) is 0 Å². The summed E-state index contributed by atoms with van der Waals surface area (Å²) in [6, 6.07) is 0. The van der Waals surface area contributed by atoms with Crippen molar-refractivity contribution in [1.29, 1.82) is 0 Å². The largest absolute Gasteiger partial charge is 0.353 e. The first kappa shape index (κ1) is 13.0. The molecule has 0 saturated carbocycles. The number of hydrogen-bond donors (Lipinski definition) is 2. The Bertz CT molecular complexity index is 243. The molecule has 92 valence electrons. The van der Waals surface area contributed by atoms with Gasteiger partial charge in [0.05, 0.1) is 6.54 Å². The molecule has 1 saturated heterocycles. The first-order valence-corrected chi connectivity index (χ1v) is 5.99. The molecule has 1 fully saturated rings. The van der Waals surface area contributed by atoms with Crippen molar-refractivity contribution in [2.45, 2.75) is 26.2 Å². The van der Waals surface area contributed by atoms with Gasteiger partial charge in [-0.1, -0.05) is 6.92 Å². The zero-order valence-electron chi connectivity index (χ0n) is 9.92. The molecule has 2 N–H and O–H groups in total. The molecule has 0 aromatic rings. The van der Waals surface area contributed by atoms with Gasteiger partial charge in [-0.15, -0.1) is 0 Å². The molecule has 1 aliphatic rings. The molecule has 1 aliphatic heterocycles. The molecule has 5 nitrogen and oxygen atoms in total. The van der Waals surface area contributed by atoms with Crippen LogP contribution in [0, 0.1) is 0 Å². The normalized spacial score (nSPS) is 15.6. The molecule has 0 atom stereocenters. The lowest BCUT2D eigenvalue weighted by Crippen LogP contribution is -2.40. The number of hydrogen-bond acceptors (Lipinski definition) is 3. The Labute approximate surface area is 96.6 Å². The number of nitrogens with zero attached hydrogens (tertiary/aromatic N) is 1. The molecular weight excluding hydrogens is 206 g/mol. The summed E-state index contributed by atoms with van der Waals surface area (Å²) in [6.07, 6.45) is 2.56. The van der Waals surface area contributed by atoms with Crippen LogP contribution in [0.25, 0.3) is 0 Å². The Morgan fingerprint density at radius 2 is 2.19 bits per heavy atom. The van der Waals surface area contributed by atoms with E-state index in [4.69, 9.17) is 0 Å². The van der Waals surface area contributed by atoms with Crippen molar-refractivity contribution in [3.05, 3.63) is 0 Å². The summed E-state index contributed by atoms with van der Waals surface area (Å²) in [6.45, 7) is 5.42. The van der Waals surface area contributed by atoms with Crippen molar-refractivity contribution < 1.29 is 9.59 Å². The number of carbonyl (C=O) groups excluding carboxylic acids is 2. The lowest BCUT2D eigenvalue weighted by atomic mass is 10.4. The van der Waals surface area contributed by atoms with E-state index >= 15 is 0 Å². The SMILES string of the molecule is CCCNCCNC(=O)CN1CCCC1=O. The van der Waals surface area contributed by atoms with Crippen molar-refractivity contribution in [2.24, 2.45) is 0 Å². The molecule has 16 heavy (non-hydrogen) atoms. The Balaban J connectivity index is 2.04. The van der Waals surface area contributed by atoms with E-state index in [0.29, 0.717) is 13.0 Å². The van der Waals surface area contributed by atoms with Crippen LogP contribution in [-0.4, -0.2) is 49.4 Å². The van der Waals surface area contributed by atoms with Gasteiger partial charge in [-0.25, -0.2) is 0 Å². The zero-order valence-corrected chi connectivity index (χ0v) is 9.92. The molecular formula is C11H21N3O2. The van der Waals surface area contributed by atoms with Crippen molar-refractivity contribution in [3.63, 3.8) is 0 Å². The van der Waals surface area contributed by atoms with Crippen molar-refractivity contribution in [1.82, 2.24) is 15.5 Å². The van der Waals surface area contributed by atoms with Crippen LogP contribution in [0.2, 0.25) is 0 Å². The Morgan fingerprint density at radius 3 is 2.81 bits per heavy atom. The van der Waals surface area contributed by atoms with E-state index in [9.17, 15) is 9.59 Å². The average molecular weight is 227 g/mol. The molecule has 0 aliphatic carbocycles. The van der Waals surface area contributed by atoms with E-state index < -0.39 is 0 Å². The molecule has 0 aromatic carbocycles. The molecule has 0 unspecified atom stereocenters. The van der Waals surface area contributed by atoms with Crippen molar-refractivity contribution in [3.8, 4) is 0 Å². The predicted molar refractivity (Wildman–Crippen MR) is 62.0 cm³/mol. The quantitative estimate of drug-likeness (QED) is 0.588. The molecule has 5 heteroatoms. The highest BCUT2D eigenvalue weighted by Gasteiger charge is 2.21. The Kier molecular flexibility index (Phi) is 5.85. The maximum absolute atomic E-state index is 11.4. The fourth-order valence-electron chi connectivity index (χ4n) is 1.69. The highest BCUT2D eigenvalue weighted by molar-refractivity contribution is 5.85. The molecule has 0 aromatic heterocycles. The lowest BCUT2D eigenvalue weighted by molar-refractivity contribution is -0.133. The third-order valence-corrected chi connectivity index (χ3v) is 2.56. The molecule has 1 heterocycles. The second-order valence-electron chi connectivity index (χ2n) is 4.02. The van der Waals surface area contributed by atoms with Gasteiger partial charge in [0, 0.05) is 26.1 Å². The van der Waals surface area contributed by atoms with Gasteiger partial charge in [-0.3, -0.25) is 9.59 Å². The van der Waals surface area contributed by atoms with E-state index in [1.165, 1.54) is 0 Å². The minimum atomic E-state index is -0.0615. The number of nitrogens with one attached hydrogen (secondary N) is 2. The number of amides is 2. The van der Waals surface area contributed by atoms with Crippen molar-refractivity contribution >= 4 is 11.8 Å². The number of carbonyl (C=O) groups is 2. The summed E-state index contributed by atoms with van der Waals surface area (Å²) in [5, 5.41) is 5.99. The van der Waals surface area contributed by atoms with Crippen molar-refractivity contribution in [2.75, 3.05) is 32.7 Å².